The van der Waals surface area contributed by atoms with E-state index in [1.54, 1.807) is 4.68 Å². The number of hydrogen-bond donors (Lipinski definition) is 2. The van der Waals surface area contributed by atoms with Crippen molar-refractivity contribution in [3.63, 3.8) is 0 Å². The molecular weight excluding hydrogens is 172 g/mol. The molecule has 0 aromatic carbocycles. The first-order valence-electron chi connectivity index (χ1n) is 3.86. The molecule has 13 heavy (non-hydrogen) atoms. The van der Waals surface area contributed by atoms with Gasteiger partial charge in [-0.25, -0.2) is 4.68 Å². The van der Waals surface area contributed by atoms with Crippen molar-refractivity contribution >= 4 is 11.7 Å². The topological polar surface area (TPSA) is 92.6 Å². The van der Waals surface area contributed by atoms with E-state index in [4.69, 9.17) is 10.9 Å². The van der Waals surface area contributed by atoms with Gasteiger partial charge in [0.2, 0.25) is 0 Å². The lowest BCUT2D eigenvalue weighted by atomic mass is 10.4. The molecule has 0 atom stereocenters. The van der Waals surface area contributed by atoms with E-state index in [9.17, 15) is 0 Å². The van der Waals surface area contributed by atoms with E-state index in [0.29, 0.717) is 5.69 Å². The van der Waals surface area contributed by atoms with Crippen LogP contribution >= 0.6 is 0 Å². The van der Waals surface area contributed by atoms with Gasteiger partial charge in [-0.2, -0.15) is 0 Å². The van der Waals surface area contributed by atoms with Gasteiger partial charge in [0.05, 0.1) is 6.54 Å². The summed E-state index contributed by atoms with van der Waals surface area (Å²) >= 11 is 0. The number of anilines is 1. The largest absolute Gasteiger partial charge is 0.409 e. The SMILES string of the molecule is CN1CCn2nnc(/C(N)=N\O)c21. The Morgan fingerprint density at radius 2 is 2.38 bits per heavy atom. The fraction of sp³-hybridized carbons (Fsp3) is 0.500. The summed E-state index contributed by atoms with van der Waals surface area (Å²) < 4.78 is 1.73. The lowest BCUT2D eigenvalue weighted by Crippen LogP contribution is -2.20. The van der Waals surface area contributed by atoms with E-state index in [-0.39, 0.29) is 5.84 Å². The van der Waals surface area contributed by atoms with E-state index in [1.165, 1.54) is 0 Å². The number of hydrogen-bond acceptors (Lipinski definition) is 5. The molecule has 7 nitrogen and oxygen atoms in total. The molecule has 3 N–H and O–H groups in total. The van der Waals surface area contributed by atoms with E-state index in [1.807, 2.05) is 11.9 Å². The number of amidine groups is 1. The first-order chi connectivity index (χ1) is 6.24. The zero-order valence-corrected chi connectivity index (χ0v) is 7.17. The Balaban J connectivity index is 2.50. The molecule has 0 saturated heterocycles. The van der Waals surface area contributed by atoms with Crippen LogP contribution < -0.4 is 10.6 Å². The van der Waals surface area contributed by atoms with Crippen LogP contribution in [-0.4, -0.2) is 39.6 Å². The van der Waals surface area contributed by atoms with Crippen LogP contribution in [0.4, 0.5) is 5.82 Å². The molecule has 2 rings (SSSR count). The van der Waals surface area contributed by atoms with Crippen molar-refractivity contribution in [1.29, 1.82) is 0 Å². The molecule has 70 valence electrons. The first-order valence-corrected chi connectivity index (χ1v) is 3.86. The summed E-state index contributed by atoms with van der Waals surface area (Å²) in [6.45, 7) is 1.66. The average molecular weight is 182 g/mol. The van der Waals surface area contributed by atoms with E-state index in [0.717, 1.165) is 18.9 Å². The molecule has 7 heteroatoms. The normalized spacial score (nSPS) is 16.4. The van der Waals surface area contributed by atoms with Gasteiger partial charge in [-0.1, -0.05) is 10.4 Å². The van der Waals surface area contributed by atoms with Gasteiger partial charge in [0.1, 0.15) is 0 Å². The van der Waals surface area contributed by atoms with Gasteiger partial charge in [0.25, 0.3) is 0 Å². The minimum absolute atomic E-state index is 0.00463. The second kappa shape index (κ2) is 2.61. The number of nitrogens with zero attached hydrogens (tertiary/aromatic N) is 5. The zero-order valence-electron chi connectivity index (χ0n) is 7.17. The Hall–Kier alpha value is -1.79. The van der Waals surface area contributed by atoms with E-state index in [2.05, 4.69) is 15.5 Å². The van der Waals surface area contributed by atoms with Gasteiger partial charge < -0.3 is 15.8 Å². The van der Waals surface area contributed by atoms with Crippen molar-refractivity contribution in [2.45, 2.75) is 6.54 Å². The van der Waals surface area contributed by atoms with Crippen LogP contribution in [0.1, 0.15) is 5.69 Å². The van der Waals surface area contributed by atoms with Gasteiger partial charge in [-0.05, 0) is 0 Å². The molecule has 0 bridgehead atoms. The highest BCUT2D eigenvalue weighted by Crippen LogP contribution is 2.21. The fourth-order valence-corrected chi connectivity index (χ4v) is 1.40. The summed E-state index contributed by atoms with van der Waals surface area (Å²) in [6.07, 6.45) is 0. The van der Waals surface area contributed by atoms with Gasteiger partial charge >= 0.3 is 0 Å². The highest BCUT2D eigenvalue weighted by molar-refractivity contribution is 5.99. The lowest BCUT2D eigenvalue weighted by molar-refractivity contribution is 0.318. The summed E-state index contributed by atoms with van der Waals surface area (Å²) in [5, 5.41) is 19.1. The Bertz CT molecular complexity index is 356. The summed E-state index contributed by atoms with van der Waals surface area (Å²) in [6, 6.07) is 0. The maximum absolute atomic E-state index is 8.49. The van der Waals surface area contributed by atoms with Crippen LogP contribution in [0.25, 0.3) is 0 Å². The van der Waals surface area contributed by atoms with Crippen molar-refractivity contribution in [1.82, 2.24) is 15.0 Å². The van der Waals surface area contributed by atoms with Crippen molar-refractivity contribution < 1.29 is 5.21 Å². The molecule has 0 spiro atoms. The first kappa shape index (κ1) is 7.84. The van der Waals surface area contributed by atoms with E-state index < -0.39 is 0 Å². The summed E-state index contributed by atoms with van der Waals surface area (Å²) in [4.78, 5) is 1.97. The fourth-order valence-electron chi connectivity index (χ4n) is 1.40. The predicted octanol–water partition coefficient (Wildman–Crippen LogP) is -1.18. The molecule has 1 aliphatic heterocycles. The highest BCUT2D eigenvalue weighted by atomic mass is 16.4. The van der Waals surface area contributed by atoms with E-state index >= 15 is 0 Å². The minimum Gasteiger partial charge on any atom is -0.409 e. The average Bonchev–Trinajstić information content (AvgIpc) is 2.68. The third-order valence-electron chi connectivity index (χ3n) is 2.07. The van der Waals surface area contributed by atoms with Crippen LogP contribution in [0.5, 0.6) is 0 Å². The molecule has 0 fully saturated rings. The van der Waals surface area contributed by atoms with Crippen LogP contribution in [0, 0.1) is 0 Å². The maximum atomic E-state index is 8.49. The molecule has 0 saturated carbocycles. The van der Waals surface area contributed by atoms with Crippen LogP contribution in [0.3, 0.4) is 0 Å². The Morgan fingerprint density at radius 3 is 3.08 bits per heavy atom. The molecule has 1 aromatic heterocycles. The van der Waals surface area contributed by atoms with Gasteiger partial charge in [-0.15, -0.1) is 5.10 Å². The number of nitrogens with two attached hydrogens (primary N) is 1. The number of aromatic nitrogens is 3. The second-order valence-electron chi connectivity index (χ2n) is 2.89. The molecule has 0 amide bonds. The van der Waals surface area contributed by atoms with Crippen molar-refractivity contribution in [2.24, 2.45) is 10.9 Å². The Labute approximate surface area is 74.4 Å². The third-order valence-corrected chi connectivity index (χ3v) is 2.07. The predicted molar refractivity (Wildman–Crippen MR) is 45.8 cm³/mol. The van der Waals surface area contributed by atoms with Crippen molar-refractivity contribution in [3.8, 4) is 0 Å². The zero-order chi connectivity index (χ0) is 9.42. The smallest absolute Gasteiger partial charge is 0.194 e. The Kier molecular flexibility index (Phi) is 1.57. The summed E-state index contributed by atoms with van der Waals surface area (Å²) in [7, 11) is 1.91. The minimum atomic E-state index is -0.00463. The summed E-state index contributed by atoms with van der Waals surface area (Å²) in [5.74, 6) is 0.797. The van der Waals surface area contributed by atoms with Crippen molar-refractivity contribution in [2.75, 3.05) is 18.5 Å². The quantitative estimate of drug-likeness (QED) is 0.247. The molecular formula is C6H10N6O. The second-order valence-corrected chi connectivity index (χ2v) is 2.89. The Morgan fingerprint density at radius 1 is 1.62 bits per heavy atom. The molecule has 1 aliphatic rings. The van der Waals surface area contributed by atoms with Crippen molar-refractivity contribution in [3.05, 3.63) is 5.69 Å². The summed E-state index contributed by atoms with van der Waals surface area (Å²) in [5.41, 5.74) is 5.86. The molecule has 0 aliphatic carbocycles. The number of fused-ring (bicyclic) bond motifs is 1. The van der Waals surface area contributed by atoms with Crippen LogP contribution in [0.2, 0.25) is 0 Å². The van der Waals surface area contributed by atoms with Gasteiger partial charge in [0.15, 0.2) is 17.3 Å². The van der Waals surface area contributed by atoms with Crippen LogP contribution in [0.15, 0.2) is 5.16 Å². The maximum Gasteiger partial charge on any atom is 0.194 e. The third kappa shape index (κ3) is 1.00. The number of rotatable bonds is 1. The van der Waals surface area contributed by atoms with Gasteiger partial charge in [-0.3, -0.25) is 0 Å². The van der Waals surface area contributed by atoms with Gasteiger partial charge in [0, 0.05) is 13.6 Å². The monoisotopic (exact) mass is 182 g/mol. The lowest BCUT2D eigenvalue weighted by Gasteiger charge is -2.08. The number of oxime groups is 1. The standard InChI is InChI=1S/C6H10N6O/c1-11-2-3-12-6(11)4(8-10-12)5(7)9-13/h13H,2-3H2,1H3,(H2,7,9). The van der Waals surface area contributed by atoms with Crippen LogP contribution in [-0.2, 0) is 6.54 Å². The highest BCUT2D eigenvalue weighted by Gasteiger charge is 2.24. The number of likely N-dealkylation sites (N-methyl/N-ethyl adjacent to an activating group) is 1. The molecule has 1 aromatic rings. The molecule has 0 radical (unpaired) electrons. The molecule has 0 unspecified atom stereocenters. The molecule has 2 heterocycles.